The zero-order valence-electron chi connectivity index (χ0n) is 7.65. The van der Waals surface area contributed by atoms with E-state index in [-0.39, 0.29) is 12.2 Å². The van der Waals surface area contributed by atoms with Gasteiger partial charge in [-0.3, -0.25) is 9.59 Å². The van der Waals surface area contributed by atoms with Gasteiger partial charge < -0.3 is 15.3 Å². The van der Waals surface area contributed by atoms with Gasteiger partial charge in [-0.2, -0.15) is 0 Å². The van der Waals surface area contributed by atoms with E-state index in [1.165, 1.54) is 13.8 Å². The summed E-state index contributed by atoms with van der Waals surface area (Å²) in [5, 5.41) is 27.0. The van der Waals surface area contributed by atoms with Crippen LogP contribution in [-0.4, -0.2) is 45.2 Å². The smallest absolute Gasteiger partial charge is 0.189 e. The molecule has 0 aromatic heterocycles. The molecule has 5 nitrogen and oxygen atoms in total. The molecule has 0 fully saturated rings. The minimum Gasteiger partial charge on any atom is -0.388 e. The fourth-order valence-electron chi connectivity index (χ4n) is 1.03. The second-order valence-corrected chi connectivity index (χ2v) is 3.26. The largest absolute Gasteiger partial charge is 0.388 e. The average Bonchev–Trinajstić information content (AvgIpc) is 1.99. The number of carbonyl (C=O) groups is 2. The summed E-state index contributed by atoms with van der Waals surface area (Å²) in [6, 6.07) is 0. The van der Waals surface area contributed by atoms with Crippen molar-refractivity contribution < 1.29 is 24.9 Å². The molecule has 0 saturated carbocycles. The van der Waals surface area contributed by atoms with Crippen molar-refractivity contribution >= 4 is 11.6 Å². The molecule has 0 amide bonds. The normalized spacial score (nSPS) is 17.6. The molecule has 0 aliphatic heterocycles. The minimum atomic E-state index is -1.80. The lowest BCUT2D eigenvalue weighted by molar-refractivity contribution is -0.147. The molecule has 2 unspecified atom stereocenters. The molecule has 13 heavy (non-hydrogen) atoms. The highest BCUT2D eigenvalue weighted by atomic mass is 16.4. The lowest BCUT2D eigenvalue weighted by atomic mass is 9.91. The Bertz CT molecular complexity index is 209. The van der Waals surface area contributed by atoms with E-state index >= 15 is 0 Å². The van der Waals surface area contributed by atoms with Gasteiger partial charge in [0.1, 0.15) is 24.1 Å². The van der Waals surface area contributed by atoms with Crippen LogP contribution in [0.3, 0.4) is 0 Å². The number of aliphatic hydroxyl groups excluding tert-OH is 2. The fourth-order valence-corrected chi connectivity index (χ4v) is 1.03. The topological polar surface area (TPSA) is 94.8 Å². The first-order valence-electron chi connectivity index (χ1n) is 3.84. The summed E-state index contributed by atoms with van der Waals surface area (Å²) in [6.07, 6.45) is -2.04. The average molecular weight is 190 g/mol. The molecular weight excluding hydrogens is 176 g/mol. The van der Waals surface area contributed by atoms with Crippen molar-refractivity contribution in [2.45, 2.75) is 32.0 Å². The lowest BCUT2D eigenvalue weighted by Crippen LogP contribution is -2.46. The predicted molar refractivity (Wildman–Crippen MR) is 44.0 cm³/mol. The molecule has 76 valence electrons. The maximum Gasteiger partial charge on any atom is 0.189 e. The van der Waals surface area contributed by atoms with Crippen molar-refractivity contribution in [3.63, 3.8) is 0 Å². The Morgan fingerprint density at radius 3 is 2.23 bits per heavy atom. The van der Waals surface area contributed by atoms with Crippen molar-refractivity contribution in [2.75, 3.05) is 6.61 Å². The van der Waals surface area contributed by atoms with Crippen LogP contribution in [0.1, 0.15) is 20.3 Å². The van der Waals surface area contributed by atoms with Crippen molar-refractivity contribution in [3.8, 4) is 0 Å². The van der Waals surface area contributed by atoms with Gasteiger partial charge in [0.05, 0.1) is 0 Å². The van der Waals surface area contributed by atoms with Gasteiger partial charge in [0, 0.05) is 6.42 Å². The first-order chi connectivity index (χ1) is 5.81. The van der Waals surface area contributed by atoms with E-state index in [1.807, 2.05) is 0 Å². The van der Waals surface area contributed by atoms with E-state index < -0.39 is 24.1 Å². The lowest BCUT2D eigenvalue weighted by Gasteiger charge is -2.26. The highest BCUT2D eigenvalue weighted by Gasteiger charge is 2.36. The van der Waals surface area contributed by atoms with E-state index in [0.29, 0.717) is 0 Å². The van der Waals surface area contributed by atoms with E-state index in [4.69, 9.17) is 5.11 Å². The summed E-state index contributed by atoms with van der Waals surface area (Å²) in [6.45, 7) is 1.56. The van der Waals surface area contributed by atoms with Gasteiger partial charge in [0.15, 0.2) is 5.78 Å². The molecule has 0 aromatic rings. The van der Waals surface area contributed by atoms with Crippen LogP contribution in [-0.2, 0) is 9.59 Å². The van der Waals surface area contributed by atoms with Crippen LogP contribution >= 0.6 is 0 Å². The van der Waals surface area contributed by atoms with Gasteiger partial charge in [0.2, 0.25) is 0 Å². The van der Waals surface area contributed by atoms with E-state index in [2.05, 4.69) is 0 Å². The van der Waals surface area contributed by atoms with Crippen molar-refractivity contribution in [3.05, 3.63) is 0 Å². The van der Waals surface area contributed by atoms with Crippen LogP contribution in [0, 0.1) is 0 Å². The molecule has 5 heteroatoms. The van der Waals surface area contributed by atoms with E-state index in [9.17, 15) is 19.8 Å². The standard InChI is InChI=1S/C8H14O5/c1-5(10)3-8(2,13)7(12)6(11)4-9/h7,9,12-13H,3-4H2,1-2H3. The number of rotatable bonds is 5. The Morgan fingerprint density at radius 1 is 1.46 bits per heavy atom. The maximum atomic E-state index is 10.8. The minimum absolute atomic E-state index is 0.320. The molecule has 0 rings (SSSR count). The Kier molecular flexibility index (Phi) is 4.19. The monoisotopic (exact) mass is 190 g/mol. The Morgan fingerprint density at radius 2 is 1.92 bits per heavy atom. The number of hydrogen-bond donors (Lipinski definition) is 3. The maximum absolute atomic E-state index is 10.8. The number of hydrogen-bond acceptors (Lipinski definition) is 5. The third-order valence-electron chi connectivity index (χ3n) is 1.66. The zero-order valence-corrected chi connectivity index (χ0v) is 7.65. The number of ketones is 2. The summed E-state index contributed by atoms with van der Waals surface area (Å²) < 4.78 is 0. The third kappa shape index (κ3) is 3.63. The van der Waals surface area contributed by atoms with Gasteiger partial charge in [-0.1, -0.05) is 0 Å². The highest BCUT2D eigenvalue weighted by Crippen LogP contribution is 2.15. The van der Waals surface area contributed by atoms with Crippen LogP contribution in [0.5, 0.6) is 0 Å². The quantitative estimate of drug-likeness (QED) is 0.497. The Balaban J connectivity index is 4.43. The highest BCUT2D eigenvalue weighted by molar-refractivity contribution is 5.86. The van der Waals surface area contributed by atoms with Gasteiger partial charge in [-0.05, 0) is 13.8 Å². The molecule has 0 radical (unpaired) electrons. The van der Waals surface area contributed by atoms with Crippen LogP contribution in [0.25, 0.3) is 0 Å². The Hall–Kier alpha value is -0.780. The molecular formula is C8H14O5. The van der Waals surface area contributed by atoms with Crippen LogP contribution < -0.4 is 0 Å². The van der Waals surface area contributed by atoms with Gasteiger partial charge >= 0.3 is 0 Å². The molecule has 0 aliphatic carbocycles. The summed E-state index contributed by atoms with van der Waals surface area (Å²) in [5.74, 6) is -1.24. The van der Waals surface area contributed by atoms with E-state index in [1.54, 1.807) is 0 Å². The molecule has 2 atom stereocenters. The number of Topliss-reactive ketones (excluding diaryl/α,β-unsaturated/α-hetero) is 2. The fraction of sp³-hybridized carbons (Fsp3) is 0.750. The summed E-state index contributed by atoms with van der Waals surface area (Å²) in [4.78, 5) is 21.4. The SMILES string of the molecule is CC(=O)CC(C)(O)C(O)C(=O)CO. The Labute approximate surface area is 76.0 Å². The van der Waals surface area contributed by atoms with Crippen LogP contribution in [0.2, 0.25) is 0 Å². The summed E-state index contributed by atoms with van der Waals surface area (Å²) in [5.41, 5.74) is -1.80. The zero-order chi connectivity index (χ0) is 10.6. The van der Waals surface area contributed by atoms with Gasteiger partial charge in [-0.15, -0.1) is 0 Å². The molecule has 0 saturated heterocycles. The predicted octanol–water partition coefficient (Wildman–Crippen LogP) is -1.36. The van der Waals surface area contributed by atoms with Crippen molar-refractivity contribution in [1.82, 2.24) is 0 Å². The molecule has 0 heterocycles. The van der Waals surface area contributed by atoms with Crippen molar-refractivity contribution in [2.24, 2.45) is 0 Å². The molecule has 0 aliphatic rings. The summed E-state index contributed by atoms with van der Waals surface area (Å²) >= 11 is 0. The van der Waals surface area contributed by atoms with E-state index in [0.717, 1.165) is 0 Å². The molecule has 3 N–H and O–H groups in total. The van der Waals surface area contributed by atoms with Gasteiger partial charge in [0.25, 0.3) is 0 Å². The third-order valence-corrected chi connectivity index (χ3v) is 1.66. The second kappa shape index (κ2) is 4.45. The molecule has 0 spiro atoms. The van der Waals surface area contributed by atoms with Crippen LogP contribution in [0.4, 0.5) is 0 Å². The number of carbonyl (C=O) groups excluding carboxylic acids is 2. The molecule has 0 aromatic carbocycles. The summed E-state index contributed by atoms with van der Waals surface area (Å²) in [7, 11) is 0. The second-order valence-electron chi connectivity index (χ2n) is 3.26. The van der Waals surface area contributed by atoms with Gasteiger partial charge in [-0.25, -0.2) is 0 Å². The number of aliphatic hydroxyl groups is 3. The van der Waals surface area contributed by atoms with Crippen LogP contribution in [0.15, 0.2) is 0 Å². The van der Waals surface area contributed by atoms with Crippen molar-refractivity contribution in [1.29, 1.82) is 0 Å². The first kappa shape index (κ1) is 12.2. The molecule has 0 bridgehead atoms. The first-order valence-corrected chi connectivity index (χ1v) is 3.84.